The molecule has 0 spiro atoms. The van der Waals surface area contributed by atoms with Crippen LogP contribution in [0.3, 0.4) is 0 Å². The van der Waals surface area contributed by atoms with Gasteiger partial charge in [-0.25, -0.2) is 16.8 Å². The molecule has 2 saturated heterocycles. The van der Waals surface area contributed by atoms with Crippen molar-refractivity contribution in [1.29, 1.82) is 0 Å². The van der Waals surface area contributed by atoms with E-state index in [9.17, 15) is 16.8 Å². The molecule has 6 nitrogen and oxygen atoms in total. The lowest BCUT2D eigenvalue weighted by Crippen LogP contribution is -2.42. The number of benzene rings is 2. The second-order valence-electron chi connectivity index (χ2n) is 9.57. The smallest absolute Gasteiger partial charge is 0.207 e. The molecule has 2 heterocycles. The van der Waals surface area contributed by atoms with Crippen LogP contribution in [0.2, 0.25) is 0 Å². The molecule has 186 valence electrons. The van der Waals surface area contributed by atoms with Crippen molar-refractivity contribution < 1.29 is 16.8 Å². The van der Waals surface area contributed by atoms with Gasteiger partial charge in [0.15, 0.2) is 0 Å². The van der Waals surface area contributed by atoms with Gasteiger partial charge in [0.2, 0.25) is 20.0 Å². The highest BCUT2D eigenvalue weighted by Crippen LogP contribution is 2.44. The molecule has 4 rings (SSSR count). The molecule has 0 N–H and O–H groups in total. The van der Waals surface area contributed by atoms with Gasteiger partial charge in [-0.3, -0.25) is 0 Å². The Kier molecular flexibility index (Phi) is 7.24. The van der Waals surface area contributed by atoms with E-state index in [2.05, 4.69) is 13.8 Å². The van der Waals surface area contributed by atoms with E-state index in [0.717, 1.165) is 12.0 Å². The third-order valence-electron chi connectivity index (χ3n) is 7.26. The largest absolute Gasteiger partial charge is 0.244 e. The lowest BCUT2D eigenvalue weighted by Gasteiger charge is -2.30. The minimum atomic E-state index is -3.65. The normalized spacial score (nSPS) is 26.2. The maximum absolute atomic E-state index is 13.6. The van der Waals surface area contributed by atoms with E-state index in [1.807, 2.05) is 19.9 Å². The Morgan fingerprint density at radius 2 is 1.53 bits per heavy atom. The summed E-state index contributed by atoms with van der Waals surface area (Å²) in [6.07, 6.45) is 2.08. The number of nitrogens with zero attached hydrogens (tertiary/aromatic N) is 2. The van der Waals surface area contributed by atoms with Crippen LogP contribution in [0.5, 0.6) is 0 Å². The van der Waals surface area contributed by atoms with Crippen molar-refractivity contribution in [3.63, 3.8) is 0 Å². The van der Waals surface area contributed by atoms with Crippen LogP contribution in [0.25, 0.3) is 0 Å². The summed E-state index contributed by atoms with van der Waals surface area (Å²) < 4.78 is 57.0. The van der Waals surface area contributed by atoms with Crippen molar-refractivity contribution in [2.45, 2.75) is 79.5 Å². The Labute approximate surface area is 208 Å². The lowest BCUT2D eigenvalue weighted by molar-refractivity contribution is 0.325. The van der Waals surface area contributed by atoms with Gasteiger partial charge in [0.1, 0.15) is 0 Å². The van der Waals surface area contributed by atoms with Crippen LogP contribution in [-0.2, 0) is 20.0 Å². The Hall–Kier alpha value is -1.39. The van der Waals surface area contributed by atoms with Gasteiger partial charge in [-0.05, 0) is 62.9 Å². The van der Waals surface area contributed by atoms with Crippen LogP contribution in [0.15, 0.2) is 64.4 Å². The fourth-order valence-electron chi connectivity index (χ4n) is 5.46. The zero-order chi connectivity index (χ0) is 24.7. The molecule has 0 amide bonds. The fraction of sp³-hybridized carbons (Fsp3) is 0.520. The number of hydrogen-bond donors (Lipinski definition) is 0. The minimum absolute atomic E-state index is 0.0509. The first-order valence-corrected chi connectivity index (χ1v) is 15.7. The summed E-state index contributed by atoms with van der Waals surface area (Å²) in [6.45, 7) is 8.65. The third kappa shape index (κ3) is 4.46. The number of thioether (sulfide) groups is 1. The molecule has 2 aromatic carbocycles. The maximum Gasteiger partial charge on any atom is 0.244 e. The van der Waals surface area contributed by atoms with E-state index in [4.69, 9.17) is 0 Å². The zero-order valence-electron chi connectivity index (χ0n) is 20.2. The standard InChI is InChI=1S/C25H34N2O4S3/c1-5-23-22(15-16-26(23)33(28,29)20-12-8-7-9-13-20)19-11-10-14-21(17-19)34(30,31)27-18-32-25(3,4)24(27)6-2/h7-14,17,22-24H,5-6,15-16,18H2,1-4H3. The molecule has 2 aliphatic rings. The Morgan fingerprint density at radius 3 is 2.18 bits per heavy atom. The zero-order valence-corrected chi connectivity index (χ0v) is 22.7. The molecule has 0 radical (unpaired) electrons. The van der Waals surface area contributed by atoms with Crippen LogP contribution in [0.4, 0.5) is 0 Å². The molecule has 0 bridgehead atoms. The number of sulfonamides is 2. The first-order valence-electron chi connectivity index (χ1n) is 11.9. The molecule has 0 aromatic heterocycles. The molecular formula is C25H34N2O4S3. The van der Waals surface area contributed by atoms with Gasteiger partial charge < -0.3 is 0 Å². The monoisotopic (exact) mass is 522 g/mol. The van der Waals surface area contributed by atoms with E-state index in [1.54, 1.807) is 68.9 Å². The summed E-state index contributed by atoms with van der Waals surface area (Å²) >= 11 is 1.67. The summed E-state index contributed by atoms with van der Waals surface area (Å²) in [5.41, 5.74) is 0.887. The average molecular weight is 523 g/mol. The SMILES string of the molecule is CCC1C(c2cccc(S(=O)(=O)N3CSC(C)(C)C3CC)c2)CCN1S(=O)(=O)c1ccccc1. The molecule has 3 unspecified atom stereocenters. The first-order chi connectivity index (χ1) is 16.0. The minimum Gasteiger partial charge on any atom is -0.207 e. The average Bonchev–Trinajstić information content (AvgIpc) is 3.40. The predicted octanol–water partition coefficient (Wildman–Crippen LogP) is 4.90. The molecular weight excluding hydrogens is 488 g/mol. The van der Waals surface area contributed by atoms with E-state index in [0.29, 0.717) is 35.1 Å². The fourth-order valence-corrected chi connectivity index (χ4v) is 10.7. The number of rotatable bonds is 7. The molecule has 2 fully saturated rings. The van der Waals surface area contributed by atoms with E-state index in [1.165, 1.54) is 0 Å². The van der Waals surface area contributed by atoms with Crippen LogP contribution in [0.1, 0.15) is 58.4 Å². The predicted molar refractivity (Wildman–Crippen MR) is 138 cm³/mol. The van der Waals surface area contributed by atoms with Crippen molar-refractivity contribution in [3.05, 3.63) is 60.2 Å². The van der Waals surface area contributed by atoms with E-state index in [-0.39, 0.29) is 22.7 Å². The Balaban J connectivity index is 1.64. The Bertz CT molecular complexity index is 1230. The van der Waals surface area contributed by atoms with E-state index < -0.39 is 20.0 Å². The van der Waals surface area contributed by atoms with Crippen LogP contribution < -0.4 is 0 Å². The van der Waals surface area contributed by atoms with Gasteiger partial charge in [0.05, 0.1) is 15.7 Å². The first kappa shape index (κ1) is 25.7. The van der Waals surface area contributed by atoms with Gasteiger partial charge in [-0.1, -0.05) is 44.2 Å². The highest BCUT2D eigenvalue weighted by Gasteiger charge is 2.46. The summed E-state index contributed by atoms with van der Waals surface area (Å²) in [4.78, 5) is 0.589. The van der Waals surface area contributed by atoms with Crippen molar-refractivity contribution in [3.8, 4) is 0 Å². The van der Waals surface area contributed by atoms with Gasteiger partial charge in [-0.2, -0.15) is 8.61 Å². The summed E-state index contributed by atoms with van der Waals surface area (Å²) in [5, 5.41) is 0. The Morgan fingerprint density at radius 1 is 0.882 bits per heavy atom. The summed E-state index contributed by atoms with van der Waals surface area (Å²) in [6, 6.07) is 15.4. The van der Waals surface area contributed by atoms with Crippen LogP contribution in [0, 0.1) is 0 Å². The highest BCUT2D eigenvalue weighted by molar-refractivity contribution is 8.02. The van der Waals surface area contributed by atoms with Crippen LogP contribution >= 0.6 is 11.8 Å². The van der Waals surface area contributed by atoms with Crippen molar-refractivity contribution >= 4 is 31.8 Å². The third-order valence-corrected chi connectivity index (χ3v) is 12.6. The van der Waals surface area contributed by atoms with Gasteiger partial charge in [-0.15, -0.1) is 11.8 Å². The quantitative estimate of drug-likeness (QED) is 0.517. The van der Waals surface area contributed by atoms with Crippen molar-refractivity contribution in [2.75, 3.05) is 12.4 Å². The molecule has 0 saturated carbocycles. The molecule has 0 aliphatic carbocycles. The second-order valence-corrected chi connectivity index (χ2v) is 14.9. The highest BCUT2D eigenvalue weighted by atomic mass is 32.2. The topological polar surface area (TPSA) is 74.8 Å². The summed E-state index contributed by atoms with van der Waals surface area (Å²) in [7, 11) is -7.26. The number of hydrogen-bond acceptors (Lipinski definition) is 5. The molecule has 34 heavy (non-hydrogen) atoms. The summed E-state index contributed by atoms with van der Waals surface area (Å²) in [5.74, 6) is 0.396. The maximum atomic E-state index is 13.6. The molecule has 2 aromatic rings. The molecule has 3 atom stereocenters. The van der Waals surface area contributed by atoms with Crippen molar-refractivity contribution in [1.82, 2.24) is 8.61 Å². The lowest BCUT2D eigenvalue weighted by atomic mass is 9.91. The van der Waals surface area contributed by atoms with Gasteiger partial charge in [0, 0.05) is 29.3 Å². The van der Waals surface area contributed by atoms with Gasteiger partial charge >= 0.3 is 0 Å². The van der Waals surface area contributed by atoms with E-state index >= 15 is 0 Å². The van der Waals surface area contributed by atoms with Crippen molar-refractivity contribution in [2.24, 2.45) is 0 Å². The van der Waals surface area contributed by atoms with Gasteiger partial charge in [0.25, 0.3) is 0 Å². The molecule has 9 heteroatoms. The van der Waals surface area contributed by atoms with Crippen LogP contribution in [-0.4, -0.2) is 54.7 Å². The molecule has 2 aliphatic heterocycles. The second kappa shape index (κ2) is 9.58.